The largest absolute Gasteiger partial charge is 0.480 e. The van der Waals surface area contributed by atoms with Crippen LogP contribution in [0.15, 0.2) is 0 Å². The van der Waals surface area contributed by atoms with Gasteiger partial charge < -0.3 is 20.3 Å². The van der Waals surface area contributed by atoms with Crippen LogP contribution in [0, 0.1) is 0 Å². The zero-order valence-corrected chi connectivity index (χ0v) is 7.32. The van der Waals surface area contributed by atoms with Gasteiger partial charge in [0.1, 0.15) is 13.2 Å². The van der Waals surface area contributed by atoms with Crippen LogP contribution in [-0.4, -0.2) is 48.0 Å². The molecular weight excluding hydrogens is 178 g/mol. The quantitative estimate of drug-likeness (QED) is 0.479. The number of carboxylic acids is 1. The van der Waals surface area contributed by atoms with E-state index in [4.69, 9.17) is 10.2 Å². The SMILES string of the molecule is C[C@@H](O)CNC(=O)COCC(=O)O. The molecule has 0 radical (unpaired) electrons. The first-order valence-corrected chi connectivity index (χ1v) is 3.76. The number of hydrogen-bond acceptors (Lipinski definition) is 4. The number of hydrogen-bond donors (Lipinski definition) is 3. The molecule has 0 aromatic carbocycles. The lowest BCUT2D eigenvalue weighted by Gasteiger charge is -2.06. The molecule has 1 amide bonds. The molecule has 0 aliphatic carbocycles. The van der Waals surface area contributed by atoms with Gasteiger partial charge in [0.05, 0.1) is 6.10 Å². The number of aliphatic hydroxyl groups is 1. The van der Waals surface area contributed by atoms with E-state index in [0.717, 1.165) is 0 Å². The predicted octanol–water partition coefficient (Wildman–Crippen LogP) is -1.42. The molecule has 3 N–H and O–H groups in total. The molecule has 0 aliphatic rings. The monoisotopic (exact) mass is 191 g/mol. The minimum atomic E-state index is -1.12. The molecule has 0 bridgehead atoms. The Bertz CT molecular complexity index is 180. The Kier molecular flexibility index (Phi) is 5.82. The number of aliphatic hydroxyl groups excluding tert-OH is 1. The first kappa shape index (κ1) is 11.9. The van der Waals surface area contributed by atoms with Crippen LogP contribution in [0.5, 0.6) is 0 Å². The third-order valence-electron chi connectivity index (χ3n) is 1.05. The summed E-state index contributed by atoms with van der Waals surface area (Å²) in [4.78, 5) is 20.7. The summed E-state index contributed by atoms with van der Waals surface area (Å²) in [7, 11) is 0. The summed E-state index contributed by atoms with van der Waals surface area (Å²) in [5.41, 5.74) is 0. The summed E-state index contributed by atoms with van der Waals surface area (Å²) < 4.78 is 4.50. The number of nitrogens with one attached hydrogen (secondary N) is 1. The number of amides is 1. The van der Waals surface area contributed by atoms with Gasteiger partial charge in [-0.3, -0.25) is 4.79 Å². The van der Waals surface area contributed by atoms with Gasteiger partial charge in [0.15, 0.2) is 0 Å². The number of ether oxygens (including phenoxy) is 1. The van der Waals surface area contributed by atoms with Crippen LogP contribution in [0.25, 0.3) is 0 Å². The average molecular weight is 191 g/mol. The van der Waals surface area contributed by atoms with E-state index in [9.17, 15) is 9.59 Å². The Morgan fingerprint density at radius 3 is 2.54 bits per heavy atom. The van der Waals surface area contributed by atoms with E-state index in [2.05, 4.69) is 10.1 Å². The average Bonchev–Trinajstić information content (AvgIpc) is 2.00. The van der Waals surface area contributed by atoms with E-state index in [1.165, 1.54) is 6.92 Å². The second-order valence-electron chi connectivity index (χ2n) is 2.54. The molecule has 76 valence electrons. The standard InChI is InChI=1S/C7H13NO5/c1-5(9)2-8-6(10)3-13-4-7(11)12/h5,9H,2-4H2,1H3,(H,8,10)(H,11,12)/t5-/m1/s1. The van der Waals surface area contributed by atoms with Crippen LogP contribution < -0.4 is 5.32 Å². The van der Waals surface area contributed by atoms with Crippen LogP contribution in [0.2, 0.25) is 0 Å². The lowest BCUT2D eigenvalue weighted by Crippen LogP contribution is -2.33. The molecule has 0 heterocycles. The smallest absolute Gasteiger partial charge is 0.329 e. The van der Waals surface area contributed by atoms with Crippen LogP contribution in [0.3, 0.4) is 0 Å². The van der Waals surface area contributed by atoms with Crippen molar-refractivity contribution in [2.45, 2.75) is 13.0 Å². The Hall–Kier alpha value is -1.14. The number of carbonyl (C=O) groups excluding carboxylic acids is 1. The zero-order chi connectivity index (χ0) is 10.3. The first-order valence-electron chi connectivity index (χ1n) is 3.76. The molecule has 6 nitrogen and oxygen atoms in total. The fourth-order valence-corrected chi connectivity index (χ4v) is 0.544. The highest BCUT2D eigenvalue weighted by molar-refractivity contribution is 5.77. The molecule has 0 aromatic heterocycles. The second kappa shape index (κ2) is 6.38. The summed E-state index contributed by atoms with van der Waals surface area (Å²) in [6.45, 7) is 0.856. The maximum atomic E-state index is 10.8. The fraction of sp³-hybridized carbons (Fsp3) is 0.714. The Labute approximate surface area is 75.5 Å². The van der Waals surface area contributed by atoms with Crippen molar-refractivity contribution < 1.29 is 24.5 Å². The van der Waals surface area contributed by atoms with Crippen LogP contribution in [0.4, 0.5) is 0 Å². The number of carbonyl (C=O) groups is 2. The topological polar surface area (TPSA) is 95.9 Å². The van der Waals surface area contributed by atoms with Gasteiger partial charge in [0, 0.05) is 6.54 Å². The molecule has 0 fully saturated rings. The molecule has 0 saturated carbocycles. The van der Waals surface area contributed by atoms with Gasteiger partial charge in [0.2, 0.25) is 5.91 Å². The maximum absolute atomic E-state index is 10.8. The summed E-state index contributed by atoms with van der Waals surface area (Å²) in [5, 5.41) is 19.3. The van der Waals surface area contributed by atoms with E-state index < -0.39 is 24.6 Å². The number of carboxylic acid groups (broad SMARTS) is 1. The first-order chi connectivity index (χ1) is 6.02. The maximum Gasteiger partial charge on any atom is 0.329 e. The number of aliphatic carboxylic acids is 1. The lowest BCUT2D eigenvalue weighted by molar-refractivity contribution is -0.143. The summed E-state index contributed by atoms with van der Waals surface area (Å²) in [6, 6.07) is 0. The van der Waals surface area contributed by atoms with Crippen molar-refractivity contribution in [3.63, 3.8) is 0 Å². The van der Waals surface area contributed by atoms with Gasteiger partial charge in [-0.25, -0.2) is 4.79 Å². The molecule has 0 spiro atoms. The molecular formula is C7H13NO5. The highest BCUT2D eigenvalue weighted by atomic mass is 16.5. The highest BCUT2D eigenvalue weighted by Crippen LogP contribution is 1.78. The minimum Gasteiger partial charge on any atom is -0.480 e. The van der Waals surface area contributed by atoms with Crippen molar-refractivity contribution in [2.24, 2.45) is 0 Å². The summed E-state index contributed by atoms with van der Waals surface area (Å²) in [6.07, 6.45) is -0.622. The molecule has 13 heavy (non-hydrogen) atoms. The molecule has 0 unspecified atom stereocenters. The van der Waals surface area contributed by atoms with E-state index in [1.807, 2.05) is 0 Å². The number of rotatable bonds is 6. The molecule has 0 aliphatic heterocycles. The van der Waals surface area contributed by atoms with Crippen molar-refractivity contribution in [1.82, 2.24) is 5.32 Å². The fourth-order valence-electron chi connectivity index (χ4n) is 0.544. The Balaban J connectivity index is 3.35. The molecule has 0 rings (SSSR count). The third-order valence-corrected chi connectivity index (χ3v) is 1.05. The molecule has 1 atom stereocenters. The van der Waals surface area contributed by atoms with Crippen molar-refractivity contribution in [2.75, 3.05) is 19.8 Å². The van der Waals surface area contributed by atoms with Crippen molar-refractivity contribution in [1.29, 1.82) is 0 Å². The van der Waals surface area contributed by atoms with Crippen LogP contribution in [-0.2, 0) is 14.3 Å². The van der Waals surface area contributed by atoms with Crippen molar-refractivity contribution >= 4 is 11.9 Å². The van der Waals surface area contributed by atoms with Crippen molar-refractivity contribution in [3.05, 3.63) is 0 Å². The molecule has 6 heteroatoms. The minimum absolute atomic E-state index is 0.134. The van der Waals surface area contributed by atoms with Crippen LogP contribution >= 0.6 is 0 Å². The van der Waals surface area contributed by atoms with Gasteiger partial charge in [-0.05, 0) is 6.92 Å². The summed E-state index contributed by atoms with van der Waals surface area (Å²) >= 11 is 0. The Morgan fingerprint density at radius 2 is 2.08 bits per heavy atom. The van der Waals surface area contributed by atoms with Gasteiger partial charge in [0.25, 0.3) is 0 Å². The van der Waals surface area contributed by atoms with E-state index in [-0.39, 0.29) is 13.2 Å². The third kappa shape index (κ3) is 8.77. The zero-order valence-electron chi connectivity index (χ0n) is 7.32. The van der Waals surface area contributed by atoms with Gasteiger partial charge in [-0.15, -0.1) is 0 Å². The Morgan fingerprint density at radius 1 is 1.46 bits per heavy atom. The van der Waals surface area contributed by atoms with Gasteiger partial charge >= 0.3 is 5.97 Å². The van der Waals surface area contributed by atoms with E-state index in [0.29, 0.717) is 0 Å². The lowest BCUT2D eigenvalue weighted by atomic mass is 10.4. The highest BCUT2D eigenvalue weighted by Gasteiger charge is 2.04. The van der Waals surface area contributed by atoms with E-state index >= 15 is 0 Å². The van der Waals surface area contributed by atoms with Gasteiger partial charge in [-0.1, -0.05) is 0 Å². The predicted molar refractivity (Wildman–Crippen MR) is 43.1 cm³/mol. The normalized spacial score (nSPS) is 12.2. The molecule has 0 aromatic rings. The molecule has 0 saturated heterocycles. The van der Waals surface area contributed by atoms with Gasteiger partial charge in [-0.2, -0.15) is 0 Å². The van der Waals surface area contributed by atoms with E-state index in [1.54, 1.807) is 0 Å². The summed E-state index contributed by atoms with van der Waals surface area (Å²) in [5.74, 6) is -1.56. The second-order valence-corrected chi connectivity index (χ2v) is 2.54. The van der Waals surface area contributed by atoms with Crippen LogP contribution in [0.1, 0.15) is 6.92 Å². The van der Waals surface area contributed by atoms with Crippen molar-refractivity contribution in [3.8, 4) is 0 Å².